The molecule has 5 rings (SSSR count). The van der Waals surface area contributed by atoms with Crippen molar-refractivity contribution < 1.29 is 18.0 Å². The fourth-order valence-electron chi connectivity index (χ4n) is 3.84. The van der Waals surface area contributed by atoms with Crippen LogP contribution < -0.4 is 5.43 Å². The highest BCUT2D eigenvalue weighted by atomic mass is 32.2. The number of benzene rings is 3. The molecular weight excluding hydrogens is 476 g/mol. The van der Waals surface area contributed by atoms with E-state index in [1.807, 2.05) is 24.3 Å². The second-order valence-electron chi connectivity index (χ2n) is 8.05. The van der Waals surface area contributed by atoms with Gasteiger partial charge in [0.05, 0.1) is 21.8 Å². The standard InChI is InChI=1S/C16H13NO3S.C11H11N3O/c1-12-6-2-5-9-16(12)21(19,20)17-10-13(11-18)14-7-3-4-8-15(14)17;1-8(15)13-14-11-6-7-12-10-5-3-2-4-9(10)11/h2-11H,1H3;2-5,7H,6H2,1H3,(H,13,15). The topological polar surface area (TPSA) is 110 Å². The minimum atomic E-state index is -3.73. The normalized spacial score (nSPS) is 13.6. The van der Waals surface area contributed by atoms with Gasteiger partial charge in [-0.2, -0.15) is 5.10 Å². The summed E-state index contributed by atoms with van der Waals surface area (Å²) in [5.41, 5.74) is 6.70. The van der Waals surface area contributed by atoms with Crippen LogP contribution in [0.3, 0.4) is 0 Å². The Bertz CT molecular complexity index is 1620. The molecule has 0 bridgehead atoms. The Morgan fingerprint density at radius 1 is 1.03 bits per heavy atom. The van der Waals surface area contributed by atoms with E-state index in [0.29, 0.717) is 34.7 Å². The quantitative estimate of drug-likeness (QED) is 0.325. The summed E-state index contributed by atoms with van der Waals surface area (Å²) in [4.78, 5) is 26.4. The molecule has 3 aromatic carbocycles. The first-order valence-corrected chi connectivity index (χ1v) is 12.6. The molecule has 0 saturated carbocycles. The largest absolute Gasteiger partial charge is 0.298 e. The first-order valence-electron chi connectivity index (χ1n) is 11.1. The van der Waals surface area contributed by atoms with Crippen molar-refractivity contribution in [2.24, 2.45) is 10.1 Å². The van der Waals surface area contributed by atoms with E-state index in [4.69, 9.17) is 0 Å². The van der Waals surface area contributed by atoms with Crippen LogP contribution in [-0.2, 0) is 14.8 Å². The third-order valence-corrected chi connectivity index (χ3v) is 7.38. The molecule has 36 heavy (non-hydrogen) atoms. The Balaban J connectivity index is 0.000000179. The van der Waals surface area contributed by atoms with Gasteiger partial charge in [-0.3, -0.25) is 14.6 Å². The second-order valence-corrected chi connectivity index (χ2v) is 9.83. The van der Waals surface area contributed by atoms with Crippen molar-refractivity contribution in [1.29, 1.82) is 0 Å². The van der Waals surface area contributed by atoms with E-state index >= 15 is 0 Å². The predicted molar refractivity (Wildman–Crippen MR) is 141 cm³/mol. The molecule has 0 saturated heterocycles. The van der Waals surface area contributed by atoms with E-state index in [-0.39, 0.29) is 10.8 Å². The van der Waals surface area contributed by atoms with Crippen LogP contribution in [0.25, 0.3) is 10.9 Å². The molecule has 9 heteroatoms. The van der Waals surface area contributed by atoms with Crippen molar-refractivity contribution in [2.45, 2.75) is 25.2 Å². The van der Waals surface area contributed by atoms with Crippen LogP contribution in [0.4, 0.5) is 5.69 Å². The molecule has 1 N–H and O–H groups in total. The lowest BCUT2D eigenvalue weighted by Crippen LogP contribution is -2.17. The number of rotatable bonds is 4. The Labute approximate surface area is 209 Å². The molecule has 1 aliphatic heterocycles. The number of aliphatic imine (C=N–C) groups is 1. The Kier molecular flexibility index (Phi) is 7.21. The van der Waals surface area contributed by atoms with Crippen molar-refractivity contribution in [3.63, 3.8) is 0 Å². The zero-order valence-electron chi connectivity index (χ0n) is 19.8. The van der Waals surface area contributed by atoms with Crippen molar-refractivity contribution in [1.82, 2.24) is 9.40 Å². The average Bonchev–Trinajstić information content (AvgIpc) is 3.28. The van der Waals surface area contributed by atoms with Crippen LogP contribution in [0.15, 0.2) is 94.0 Å². The van der Waals surface area contributed by atoms with E-state index in [9.17, 15) is 18.0 Å². The molecule has 0 atom stereocenters. The van der Waals surface area contributed by atoms with E-state index in [2.05, 4.69) is 15.5 Å². The van der Waals surface area contributed by atoms with Gasteiger partial charge >= 0.3 is 0 Å². The molecule has 1 aliphatic rings. The number of nitrogens with zero attached hydrogens (tertiary/aromatic N) is 3. The lowest BCUT2D eigenvalue weighted by atomic mass is 10.0. The molecule has 1 aromatic heterocycles. The maximum atomic E-state index is 12.8. The van der Waals surface area contributed by atoms with E-state index < -0.39 is 10.0 Å². The molecule has 4 aromatic rings. The van der Waals surface area contributed by atoms with Crippen LogP contribution in [0.1, 0.15) is 34.8 Å². The van der Waals surface area contributed by atoms with E-state index in [0.717, 1.165) is 17.0 Å². The van der Waals surface area contributed by atoms with E-state index in [1.165, 1.54) is 17.1 Å². The van der Waals surface area contributed by atoms with Gasteiger partial charge in [0.15, 0.2) is 6.29 Å². The molecule has 0 unspecified atom stereocenters. The number of amides is 1. The zero-order chi connectivity index (χ0) is 25.7. The lowest BCUT2D eigenvalue weighted by Gasteiger charge is -2.11. The number of aldehydes is 1. The van der Waals surface area contributed by atoms with Gasteiger partial charge in [-0.15, -0.1) is 0 Å². The number of para-hydroxylation sites is 2. The Morgan fingerprint density at radius 2 is 1.72 bits per heavy atom. The highest BCUT2D eigenvalue weighted by Gasteiger charge is 2.22. The third kappa shape index (κ3) is 5.01. The van der Waals surface area contributed by atoms with Crippen molar-refractivity contribution in [3.05, 3.63) is 95.7 Å². The van der Waals surface area contributed by atoms with Crippen LogP contribution in [0, 0.1) is 6.92 Å². The van der Waals surface area contributed by atoms with Crippen molar-refractivity contribution in [2.75, 3.05) is 0 Å². The monoisotopic (exact) mass is 500 g/mol. The van der Waals surface area contributed by atoms with Crippen LogP contribution in [-0.4, -0.2) is 36.5 Å². The number of aromatic nitrogens is 1. The number of hydrogen-bond acceptors (Lipinski definition) is 6. The van der Waals surface area contributed by atoms with Gasteiger partial charge in [-0.1, -0.05) is 54.6 Å². The van der Waals surface area contributed by atoms with Crippen molar-refractivity contribution in [3.8, 4) is 0 Å². The van der Waals surface area contributed by atoms with Gasteiger partial charge in [0.2, 0.25) is 5.91 Å². The first-order chi connectivity index (χ1) is 17.3. The highest BCUT2D eigenvalue weighted by molar-refractivity contribution is 7.90. The minimum Gasteiger partial charge on any atom is -0.298 e. The molecule has 0 spiro atoms. The van der Waals surface area contributed by atoms with Crippen molar-refractivity contribution >= 4 is 50.7 Å². The molecule has 0 radical (unpaired) electrons. The highest BCUT2D eigenvalue weighted by Crippen LogP contribution is 2.26. The SMILES string of the molecule is CC(=O)NN=C1CC=Nc2ccccc21.Cc1ccccc1S(=O)(=O)n1cc(C=O)c2ccccc21. The van der Waals surface area contributed by atoms with Gasteiger partial charge in [-0.25, -0.2) is 17.8 Å². The number of hydrogen-bond donors (Lipinski definition) is 1. The fourth-order valence-corrected chi connectivity index (χ4v) is 5.45. The van der Waals surface area contributed by atoms with Crippen LogP contribution in [0.5, 0.6) is 0 Å². The van der Waals surface area contributed by atoms with Gasteiger partial charge in [-0.05, 0) is 30.7 Å². The number of carbonyl (C=O) groups excluding carboxylic acids is 2. The molecule has 182 valence electrons. The molecule has 1 amide bonds. The molecule has 0 aliphatic carbocycles. The smallest absolute Gasteiger partial charge is 0.268 e. The summed E-state index contributed by atoms with van der Waals surface area (Å²) in [6.07, 6.45) is 4.49. The van der Waals surface area contributed by atoms with E-state index in [1.54, 1.807) is 61.7 Å². The first kappa shape index (κ1) is 24.7. The maximum Gasteiger partial charge on any atom is 0.268 e. The predicted octanol–water partition coefficient (Wildman–Crippen LogP) is 4.63. The second kappa shape index (κ2) is 10.5. The van der Waals surface area contributed by atoms with Gasteiger partial charge in [0, 0.05) is 42.3 Å². The number of carbonyl (C=O) groups is 2. The van der Waals surface area contributed by atoms with Gasteiger partial charge in [0.1, 0.15) is 0 Å². The number of aryl methyl sites for hydroxylation is 1. The van der Waals surface area contributed by atoms with Crippen LogP contribution in [0.2, 0.25) is 0 Å². The lowest BCUT2D eigenvalue weighted by molar-refractivity contribution is -0.118. The molecular formula is C27H24N4O4S. The summed E-state index contributed by atoms with van der Waals surface area (Å²) in [5.74, 6) is -0.164. The molecule has 0 fully saturated rings. The fraction of sp³-hybridized carbons (Fsp3) is 0.111. The Hall–Kier alpha value is -4.37. The summed E-state index contributed by atoms with van der Waals surface area (Å²) in [7, 11) is -3.73. The summed E-state index contributed by atoms with van der Waals surface area (Å²) in [6, 6.07) is 21.5. The van der Waals surface area contributed by atoms with Gasteiger partial charge in [0.25, 0.3) is 10.0 Å². The zero-order valence-corrected chi connectivity index (χ0v) is 20.6. The average molecular weight is 501 g/mol. The number of hydrazone groups is 1. The maximum absolute atomic E-state index is 12.8. The Morgan fingerprint density at radius 3 is 2.47 bits per heavy atom. The summed E-state index contributed by atoms with van der Waals surface area (Å²) >= 11 is 0. The number of nitrogens with one attached hydrogen (secondary N) is 1. The third-order valence-electron chi connectivity index (χ3n) is 5.54. The van der Waals surface area contributed by atoms with Crippen LogP contribution >= 0.6 is 0 Å². The molecule has 8 nitrogen and oxygen atoms in total. The minimum absolute atomic E-state index is 0.164. The van der Waals surface area contributed by atoms with Gasteiger partial charge < -0.3 is 0 Å². The summed E-state index contributed by atoms with van der Waals surface area (Å²) < 4.78 is 26.9. The summed E-state index contributed by atoms with van der Waals surface area (Å²) in [6.45, 7) is 3.19. The summed E-state index contributed by atoms with van der Waals surface area (Å²) in [5, 5.41) is 4.68. The number of fused-ring (bicyclic) bond motifs is 2. The molecule has 2 heterocycles.